The Morgan fingerprint density at radius 2 is 1.74 bits per heavy atom. The molecule has 6 nitrogen and oxygen atoms in total. The van der Waals surface area contributed by atoms with Gasteiger partial charge in [0.15, 0.2) is 11.5 Å². The maximum Gasteiger partial charge on any atom is 0.273 e. The molecular weight excluding hydrogens is 338 g/mol. The first kappa shape index (κ1) is 17.9. The summed E-state index contributed by atoms with van der Waals surface area (Å²) in [5, 5.41) is 8.40. The number of hydrogen-bond acceptors (Lipinski definition) is 5. The third kappa shape index (κ3) is 3.81. The first-order valence-corrected chi connectivity index (χ1v) is 9.73. The summed E-state index contributed by atoms with van der Waals surface area (Å²) in [7, 11) is 3.45. The minimum atomic E-state index is -0.114. The van der Waals surface area contributed by atoms with E-state index >= 15 is 0 Å². The van der Waals surface area contributed by atoms with Crippen molar-refractivity contribution in [3.05, 3.63) is 53.2 Å². The van der Waals surface area contributed by atoms with Gasteiger partial charge in [-0.1, -0.05) is 24.3 Å². The van der Waals surface area contributed by atoms with Crippen molar-refractivity contribution in [3.8, 4) is 0 Å². The van der Waals surface area contributed by atoms with Gasteiger partial charge in [-0.15, -0.1) is 10.2 Å². The van der Waals surface area contributed by atoms with Gasteiger partial charge in [-0.25, -0.2) is 0 Å². The molecular formula is C21H27N5O. The average Bonchev–Trinajstić information content (AvgIpc) is 2.73. The number of fused-ring (bicyclic) bond motifs is 1. The van der Waals surface area contributed by atoms with Crippen LogP contribution in [0.4, 0.5) is 5.82 Å². The first-order valence-electron chi connectivity index (χ1n) is 9.73. The molecule has 2 heterocycles. The van der Waals surface area contributed by atoms with Gasteiger partial charge in [-0.05, 0) is 42.5 Å². The Balaban J connectivity index is 1.35. The Morgan fingerprint density at radius 1 is 1.00 bits per heavy atom. The normalized spacial score (nSPS) is 20.2. The molecule has 1 aromatic heterocycles. The summed E-state index contributed by atoms with van der Waals surface area (Å²) < 4.78 is 0. The lowest BCUT2D eigenvalue weighted by atomic mass is 9.87. The molecule has 6 heteroatoms. The largest absolute Gasteiger partial charge is 0.353 e. The van der Waals surface area contributed by atoms with Crippen molar-refractivity contribution in [2.75, 3.05) is 45.2 Å². The Hall–Kier alpha value is -2.47. The van der Waals surface area contributed by atoms with E-state index in [0.717, 1.165) is 38.4 Å². The van der Waals surface area contributed by atoms with Crippen LogP contribution in [0.2, 0.25) is 0 Å². The van der Waals surface area contributed by atoms with Crippen molar-refractivity contribution in [3.63, 3.8) is 0 Å². The van der Waals surface area contributed by atoms with Gasteiger partial charge >= 0.3 is 0 Å². The molecule has 0 saturated carbocycles. The van der Waals surface area contributed by atoms with Crippen LogP contribution in [0.5, 0.6) is 0 Å². The summed E-state index contributed by atoms with van der Waals surface area (Å²) in [6, 6.07) is 13.2. The molecule has 0 radical (unpaired) electrons. The van der Waals surface area contributed by atoms with Crippen molar-refractivity contribution in [1.82, 2.24) is 20.0 Å². The summed E-state index contributed by atoms with van der Waals surface area (Å²) in [6.45, 7) is 4.00. The average molecular weight is 365 g/mol. The van der Waals surface area contributed by atoms with Gasteiger partial charge in [0.05, 0.1) is 0 Å². The Bertz CT molecular complexity index is 796. The van der Waals surface area contributed by atoms with Crippen LogP contribution in [-0.4, -0.2) is 72.2 Å². The molecule has 1 saturated heterocycles. The van der Waals surface area contributed by atoms with Crippen molar-refractivity contribution < 1.29 is 4.79 Å². The van der Waals surface area contributed by atoms with Crippen LogP contribution in [0.15, 0.2) is 36.4 Å². The summed E-state index contributed by atoms with van der Waals surface area (Å²) in [6.07, 6.45) is 3.60. The second-order valence-corrected chi connectivity index (χ2v) is 7.66. The zero-order valence-electron chi connectivity index (χ0n) is 16.1. The molecule has 0 N–H and O–H groups in total. The molecule has 2 aliphatic rings. The zero-order chi connectivity index (χ0) is 18.8. The van der Waals surface area contributed by atoms with E-state index in [2.05, 4.69) is 44.3 Å². The first-order chi connectivity index (χ1) is 13.1. The van der Waals surface area contributed by atoms with Crippen molar-refractivity contribution in [2.45, 2.75) is 25.3 Å². The quantitative estimate of drug-likeness (QED) is 0.831. The molecule has 2 aromatic rings. The predicted molar refractivity (Wildman–Crippen MR) is 106 cm³/mol. The van der Waals surface area contributed by atoms with E-state index in [1.54, 1.807) is 20.2 Å². The lowest BCUT2D eigenvalue weighted by Gasteiger charge is -2.41. The third-order valence-electron chi connectivity index (χ3n) is 5.75. The lowest BCUT2D eigenvalue weighted by Crippen LogP contribution is -2.52. The molecule has 142 valence electrons. The van der Waals surface area contributed by atoms with Gasteiger partial charge in [0.1, 0.15) is 0 Å². The van der Waals surface area contributed by atoms with E-state index in [9.17, 15) is 4.79 Å². The second-order valence-electron chi connectivity index (χ2n) is 7.66. The van der Waals surface area contributed by atoms with E-state index in [4.69, 9.17) is 0 Å². The maximum atomic E-state index is 11.9. The molecule has 1 unspecified atom stereocenters. The van der Waals surface area contributed by atoms with Crippen LogP contribution in [-0.2, 0) is 12.8 Å². The molecule has 1 aromatic carbocycles. The molecule has 4 rings (SSSR count). The highest BCUT2D eigenvalue weighted by Gasteiger charge is 2.27. The van der Waals surface area contributed by atoms with Crippen LogP contribution in [0.1, 0.15) is 28.0 Å². The lowest BCUT2D eigenvalue weighted by molar-refractivity contribution is 0.0821. The highest BCUT2D eigenvalue weighted by atomic mass is 16.2. The highest BCUT2D eigenvalue weighted by molar-refractivity contribution is 5.91. The van der Waals surface area contributed by atoms with Gasteiger partial charge in [0, 0.05) is 46.3 Å². The fourth-order valence-corrected chi connectivity index (χ4v) is 4.14. The number of carbonyl (C=O) groups is 1. The maximum absolute atomic E-state index is 11.9. The highest BCUT2D eigenvalue weighted by Crippen LogP contribution is 2.25. The summed E-state index contributed by atoms with van der Waals surface area (Å²) in [5.74, 6) is 0.746. The fourth-order valence-electron chi connectivity index (χ4n) is 4.14. The minimum Gasteiger partial charge on any atom is -0.353 e. The zero-order valence-corrected chi connectivity index (χ0v) is 16.1. The number of benzene rings is 1. The van der Waals surface area contributed by atoms with Gasteiger partial charge in [-0.3, -0.25) is 9.69 Å². The van der Waals surface area contributed by atoms with E-state index < -0.39 is 0 Å². The van der Waals surface area contributed by atoms with Crippen molar-refractivity contribution in [2.24, 2.45) is 0 Å². The number of piperazine rings is 1. The van der Waals surface area contributed by atoms with Crippen LogP contribution in [0.3, 0.4) is 0 Å². The Kier molecular flexibility index (Phi) is 5.07. The molecule has 0 bridgehead atoms. The predicted octanol–water partition coefficient (Wildman–Crippen LogP) is 1.86. The summed E-state index contributed by atoms with van der Waals surface area (Å²) in [4.78, 5) is 18.4. The number of nitrogens with zero attached hydrogens (tertiary/aromatic N) is 5. The van der Waals surface area contributed by atoms with Crippen molar-refractivity contribution >= 4 is 11.7 Å². The van der Waals surface area contributed by atoms with Crippen LogP contribution in [0.25, 0.3) is 0 Å². The van der Waals surface area contributed by atoms with Crippen LogP contribution in [0, 0.1) is 0 Å². The van der Waals surface area contributed by atoms with Crippen LogP contribution >= 0.6 is 0 Å². The number of amides is 1. The monoisotopic (exact) mass is 365 g/mol. The molecule has 1 aliphatic carbocycles. The second kappa shape index (κ2) is 7.64. The molecule has 1 fully saturated rings. The van der Waals surface area contributed by atoms with E-state index in [0.29, 0.717) is 11.7 Å². The topological polar surface area (TPSA) is 52.6 Å². The summed E-state index contributed by atoms with van der Waals surface area (Å²) >= 11 is 0. The SMILES string of the molecule is CN(C)C(=O)c1ccc(N2CCN(C3CCc4ccccc4C3)CC2)nn1. The molecule has 0 spiro atoms. The third-order valence-corrected chi connectivity index (χ3v) is 5.75. The number of hydrogen-bond donors (Lipinski definition) is 0. The van der Waals surface area contributed by atoms with Gasteiger partial charge in [0.25, 0.3) is 5.91 Å². The number of carbonyl (C=O) groups excluding carboxylic acids is 1. The van der Waals surface area contributed by atoms with E-state index in [1.165, 1.54) is 28.9 Å². The molecule has 1 aliphatic heterocycles. The van der Waals surface area contributed by atoms with Gasteiger partial charge in [0.2, 0.25) is 0 Å². The Morgan fingerprint density at radius 3 is 2.41 bits per heavy atom. The summed E-state index contributed by atoms with van der Waals surface area (Å²) in [5.41, 5.74) is 3.43. The number of aromatic nitrogens is 2. The van der Waals surface area contributed by atoms with Crippen LogP contribution < -0.4 is 4.90 Å². The van der Waals surface area contributed by atoms with E-state index in [-0.39, 0.29) is 5.91 Å². The minimum absolute atomic E-state index is 0.114. The van der Waals surface area contributed by atoms with Gasteiger partial charge < -0.3 is 9.80 Å². The molecule has 1 atom stereocenters. The van der Waals surface area contributed by atoms with Gasteiger partial charge in [-0.2, -0.15) is 0 Å². The fraction of sp³-hybridized carbons (Fsp3) is 0.476. The van der Waals surface area contributed by atoms with E-state index in [1.807, 2.05) is 6.07 Å². The van der Waals surface area contributed by atoms with Crippen molar-refractivity contribution in [1.29, 1.82) is 0 Å². The number of aryl methyl sites for hydroxylation is 1. The Labute approximate surface area is 160 Å². The smallest absolute Gasteiger partial charge is 0.273 e. The standard InChI is InChI=1S/C21H27N5O/c1-24(2)21(27)19-9-10-20(23-22-19)26-13-11-25(12-14-26)18-8-7-16-5-3-4-6-17(16)15-18/h3-6,9-10,18H,7-8,11-15H2,1-2H3. The molecule has 1 amide bonds. The number of anilines is 1. The molecule has 27 heavy (non-hydrogen) atoms. The number of rotatable bonds is 3.